The number of nitrogens with zero attached hydrogens (tertiary/aromatic N) is 4. The topological polar surface area (TPSA) is 98.7 Å². The molecular weight excluding hydrogens is 380 g/mol. The number of rotatable bonds is 4. The van der Waals surface area contributed by atoms with Crippen LogP contribution in [0.3, 0.4) is 0 Å². The summed E-state index contributed by atoms with van der Waals surface area (Å²) in [6, 6.07) is 15.8. The van der Waals surface area contributed by atoms with Gasteiger partial charge in [0, 0.05) is 22.7 Å². The summed E-state index contributed by atoms with van der Waals surface area (Å²) in [6.07, 6.45) is 3.59. The first-order valence-corrected chi connectivity index (χ1v) is 9.35. The summed E-state index contributed by atoms with van der Waals surface area (Å²) in [7, 11) is 0. The number of amides is 1. The fraction of sp³-hybridized carbons (Fsp3) is 0.130. The molecule has 4 rings (SSSR count). The molecule has 0 spiro atoms. The Balaban J connectivity index is 1.81. The Morgan fingerprint density at radius 1 is 1.20 bits per heavy atom. The monoisotopic (exact) mass is 398 g/mol. The molecule has 3 aromatic rings. The van der Waals surface area contributed by atoms with Crippen LogP contribution in [0.4, 0.5) is 5.69 Å². The van der Waals surface area contributed by atoms with Gasteiger partial charge in [-0.25, -0.2) is 4.79 Å². The van der Waals surface area contributed by atoms with E-state index in [2.05, 4.69) is 11.2 Å². The summed E-state index contributed by atoms with van der Waals surface area (Å²) in [5.74, 6) is -1.52. The lowest BCUT2D eigenvalue weighted by molar-refractivity contribution is -0.114. The second-order valence-corrected chi connectivity index (χ2v) is 7.00. The number of para-hydroxylation sites is 2. The van der Waals surface area contributed by atoms with E-state index < -0.39 is 11.9 Å². The lowest BCUT2D eigenvalue weighted by Gasteiger charge is -2.14. The lowest BCUT2D eigenvalue weighted by Crippen LogP contribution is -2.23. The number of carboxylic acid groups (broad SMARTS) is 1. The maximum atomic E-state index is 13.1. The fourth-order valence-electron chi connectivity index (χ4n) is 3.57. The SMILES string of the molecule is CC1=NN(c2ccccc2C(=O)O)C(=O)C1=Cc1cn(C(C)C#N)c2ccccc12. The number of carbonyl (C=O) groups is 2. The zero-order valence-electron chi connectivity index (χ0n) is 16.4. The molecule has 1 aliphatic rings. The number of hydrazone groups is 1. The molecule has 0 saturated heterocycles. The third-order valence-corrected chi connectivity index (χ3v) is 5.10. The van der Waals surface area contributed by atoms with E-state index in [4.69, 9.17) is 0 Å². The summed E-state index contributed by atoms with van der Waals surface area (Å²) < 4.78 is 1.87. The van der Waals surface area contributed by atoms with Gasteiger partial charge in [-0.15, -0.1) is 0 Å². The van der Waals surface area contributed by atoms with Crippen LogP contribution in [-0.4, -0.2) is 27.3 Å². The molecule has 30 heavy (non-hydrogen) atoms. The highest BCUT2D eigenvalue weighted by Crippen LogP contribution is 2.31. The highest BCUT2D eigenvalue weighted by molar-refractivity contribution is 6.32. The molecule has 148 valence electrons. The molecule has 7 heteroatoms. The van der Waals surface area contributed by atoms with Gasteiger partial charge in [0.2, 0.25) is 0 Å². The summed E-state index contributed by atoms with van der Waals surface area (Å²) in [5, 5.41) is 25.1. The van der Waals surface area contributed by atoms with Crippen LogP contribution in [0.2, 0.25) is 0 Å². The van der Waals surface area contributed by atoms with E-state index in [9.17, 15) is 20.0 Å². The van der Waals surface area contributed by atoms with Gasteiger partial charge in [0.05, 0.1) is 28.6 Å². The number of aromatic nitrogens is 1. The third-order valence-electron chi connectivity index (χ3n) is 5.10. The number of anilines is 1. The maximum absolute atomic E-state index is 13.1. The Labute approximate surface area is 172 Å². The molecule has 0 fully saturated rings. The van der Waals surface area contributed by atoms with Gasteiger partial charge >= 0.3 is 5.97 Å². The molecule has 1 atom stereocenters. The first-order chi connectivity index (χ1) is 14.4. The first kappa shape index (κ1) is 19.2. The Kier molecular flexibility index (Phi) is 4.68. The van der Waals surface area contributed by atoms with Crippen molar-refractivity contribution in [2.75, 3.05) is 5.01 Å². The lowest BCUT2D eigenvalue weighted by atomic mass is 10.1. The Morgan fingerprint density at radius 3 is 2.63 bits per heavy atom. The molecular formula is C23H18N4O3. The van der Waals surface area contributed by atoms with Crippen LogP contribution in [0.25, 0.3) is 17.0 Å². The van der Waals surface area contributed by atoms with E-state index in [1.807, 2.05) is 35.0 Å². The molecule has 1 aromatic heterocycles. The van der Waals surface area contributed by atoms with Crippen LogP contribution < -0.4 is 5.01 Å². The second-order valence-electron chi connectivity index (χ2n) is 7.00. The van der Waals surface area contributed by atoms with Crippen molar-refractivity contribution in [3.63, 3.8) is 0 Å². The van der Waals surface area contributed by atoms with Crippen molar-refractivity contribution >= 4 is 40.3 Å². The maximum Gasteiger partial charge on any atom is 0.337 e. The van der Waals surface area contributed by atoms with Crippen LogP contribution in [0, 0.1) is 11.3 Å². The number of aromatic carboxylic acids is 1. The second kappa shape index (κ2) is 7.33. The molecule has 0 radical (unpaired) electrons. The minimum absolute atomic E-state index is 0.00287. The predicted molar refractivity (Wildman–Crippen MR) is 114 cm³/mol. The first-order valence-electron chi connectivity index (χ1n) is 9.35. The van der Waals surface area contributed by atoms with Crippen molar-refractivity contribution in [2.45, 2.75) is 19.9 Å². The minimum atomic E-state index is -1.13. The molecule has 2 aromatic carbocycles. The number of hydrogen-bond donors (Lipinski definition) is 1. The molecule has 7 nitrogen and oxygen atoms in total. The summed E-state index contributed by atoms with van der Waals surface area (Å²) >= 11 is 0. The van der Waals surface area contributed by atoms with Crippen molar-refractivity contribution in [1.29, 1.82) is 5.26 Å². The van der Waals surface area contributed by atoms with Gasteiger partial charge in [0.15, 0.2) is 0 Å². The van der Waals surface area contributed by atoms with E-state index in [0.717, 1.165) is 21.5 Å². The van der Waals surface area contributed by atoms with Gasteiger partial charge in [0.25, 0.3) is 5.91 Å². The molecule has 2 heterocycles. The van der Waals surface area contributed by atoms with E-state index in [0.29, 0.717) is 11.3 Å². The molecule has 1 aliphatic heterocycles. The number of carboxylic acids is 1. The smallest absolute Gasteiger partial charge is 0.337 e. The Bertz CT molecular complexity index is 1290. The summed E-state index contributed by atoms with van der Waals surface area (Å²) in [4.78, 5) is 24.7. The highest BCUT2D eigenvalue weighted by Gasteiger charge is 2.31. The van der Waals surface area contributed by atoms with E-state index in [1.54, 1.807) is 38.1 Å². The van der Waals surface area contributed by atoms with E-state index in [1.165, 1.54) is 6.07 Å². The number of benzene rings is 2. The summed E-state index contributed by atoms with van der Waals surface area (Å²) in [5.41, 5.74) is 2.78. The number of nitriles is 1. The highest BCUT2D eigenvalue weighted by atomic mass is 16.4. The van der Waals surface area contributed by atoms with Gasteiger partial charge in [-0.2, -0.15) is 15.4 Å². The van der Waals surface area contributed by atoms with Gasteiger partial charge in [-0.1, -0.05) is 30.3 Å². The van der Waals surface area contributed by atoms with Crippen LogP contribution in [-0.2, 0) is 4.79 Å². The number of hydrogen-bond acceptors (Lipinski definition) is 4. The molecule has 0 saturated carbocycles. The fourth-order valence-corrected chi connectivity index (χ4v) is 3.57. The van der Waals surface area contributed by atoms with E-state index >= 15 is 0 Å². The molecule has 1 amide bonds. The van der Waals surface area contributed by atoms with Crippen LogP contribution in [0.5, 0.6) is 0 Å². The number of carbonyl (C=O) groups excluding carboxylic acids is 1. The number of fused-ring (bicyclic) bond motifs is 1. The average Bonchev–Trinajstić information content (AvgIpc) is 3.26. The van der Waals surface area contributed by atoms with Crippen molar-refractivity contribution in [2.24, 2.45) is 5.10 Å². The largest absolute Gasteiger partial charge is 0.478 e. The predicted octanol–water partition coefficient (Wildman–Crippen LogP) is 4.23. The van der Waals surface area contributed by atoms with Crippen molar-refractivity contribution in [3.8, 4) is 6.07 Å². The third kappa shape index (κ3) is 3.05. The van der Waals surface area contributed by atoms with Gasteiger partial charge < -0.3 is 9.67 Å². The quantitative estimate of drug-likeness (QED) is 0.665. The zero-order chi connectivity index (χ0) is 21.4. The standard InChI is InChI=1S/C23H18N4O3/c1-14(12-24)26-13-16(17-7-3-5-9-20(17)26)11-19-15(2)25-27(22(19)28)21-10-6-4-8-18(21)23(29)30/h3-11,13-14H,1-2H3,(H,29,30). The average molecular weight is 398 g/mol. The van der Waals surface area contributed by atoms with Crippen LogP contribution >= 0.6 is 0 Å². The Hall–Kier alpha value is -4.18. The van der Waals surface area contributed by atoms with Crippen molar-refractivity contribution < 1.29 is 14.7 Å². The summed E-state index contributed by atoms with van der Waals surface area (Å²) in [6.45, 7) is 3.52. The van der Waals surface area contributed by atoms with Crippen LogP contribution in [0.15, 0.2) is 65.4 Å². The van der Waals surface area contributed by atoms with Gasteiger partial charge in [0.1, 0.15) is 6.04 Å². The molecule has 0 bridgehead atoms. The normalized spacial score (nSPS) is 16.0. The van der Waals surface area contributed by atoms with Crippen LogP contribution in [0.1, 0.15) is 35.8 Å². The van der Waals surface area contributed by atoms with Gasteiger partial charge in [-0.3, -0.25) is 4.79 Å². The Morgan fingerprint density at radius 2 is 1.90 bits per heavy atom. The minimum Gasteiger partial charge on any atom is -0.478 e. The van der Waals surface area contributed by atoms with Crippen molar-refractivity contribution in [3.05, 3.63) is 71.4 Å². The molecule has 0 aliphatic carbocycles. The molecule has 1 N–H and O–H groups in total. The molecule has 1 unspecified atom stereocenters. The van der Waals surface area contributed by atoms with Crippen molar-refractivity contribution in [1.82, 2.24) is 4.57 Å². The van der Waals surface area contributed by atoms with Gasteiger partial charge in [-0.05, 0) is 38.1 Å². The van der Waals surface area contributed by atoms with E-state index in [-0.39, 0.29) is 17.3 Å². The zero-order valence-corrected chi connectivity index (χ0v) is 16.4.